The summed E-state index contributed by atoms with van der Waals surface area (Å²) >= 11 is 0. The molecule has 1 aromatic carbocycles. The fourth-order valence-corrected chi connectivity index (χ4v) is 2.85. The van der Waals surface area contributed by atoms with Crippen LogP contribution in [0.2, 0.25) is 0 Å². The van der Waals surface area contributed by atoms with E-state index >= 15 is 0 Å². The normalized spacial score (nSPS) is 20.9. The van der Waals surface area contributed by atoms with Crippen molar-refractivity contribution in [3.63, 3.8) is 0 Å². The van der Waals surface area contributed by atoms with E-state index in [1.165, 1.54) is 0 Å². The molecule has 122 valence electrons. The van der Waals surface area contributed by atoms with E-state index in [0.29, 0.717) is 24.7 Å². The van der Waals surface area contributed by atoms with Crippen LogP contribution in [0.3, 0.4) is 0 Å². The number of hydrogen-bond acceptors (Lipinski definition) is 4. The van der Waals surface area contributed by atoms with E-state index in [-0.39, 0.29) is 18.6 Å². The van der Waals surface area contributed by atoms with Crippen LogP contribution in [-0.4, -0.2) is 57.8 Å². The summed E-state index contributed by atoms with van der Waals surface area (Å²) in [6.07, 6.45) is -0.969. The van der Waals surface area contributed by atoms with Crippen molar-refractivity contribution in [3.05, 3.63) is 41.7 Å². The summed E-state index contributed by atoms with van der Waals surface area (Å²) in [6.45, 7) is 4.89. The Morgan fingerprint density at radius 2 is 2.13 bits per heavy atom. The number of ether oxygens (including phenoxy) is 1. The number of aromatic nitrogens is 2. The average Bonchev–Trinajstić information content (AvgIpc) is 3.12. The number of aromatic amines is 1. The molecule has 2 aromatic rings. The molecule has 1 fully saturated rings. The molecule has 1 saturated heterocycles. The van der Waals surface area contributed by atoms with Gasteiger partial charge in [0.25, 0.3) is 5.91 Å². The summed E-state index contributed by atoms with van der Waals surface area (Å²) < 4.78 is 5.46. The first-order valence-corrected chi connectivity index (χ1v) is 7.81. The minimum absolute atomic E-state index is 0.179. The lowest BCUT2D eigenvalue weighted by atomic mass is 10.2. The number of likely N-dealkylation sites (tertiary alicyclic amines) is 1. The van der Waals surface area contributed by atoms with Gasteiger partial charge in [0.15, 0.2) is 0 Å². The van der Waals surface area contributed by atoms with Crippen LogP contribution in [0.5, 0.6) is 0 Å². The number of nitrogens with zero attached hydrogens (tertiary/aromatic N) is 2. The molecule has 23 heavy (non-hydrogen) atoms. The predicted octanol–water partition coefficient (Wildman–Crippen LogP) is 1.61. The highest BCUT2D eigenvalue weighted by Gasteiger charge is 2.36. The number of rotatable bonds is 4. The van der Waals surface area contributed by atoms with Crippen molar-refractivity contribution < 1.29 is 14.6 Å². The van der Waals surface area contributed by atoms with Gasteiger partial charge in [0.2, 0.25) is 0 Å². The Labute approximate surface area is 135 Å². The minimum atomic E-state index is -0.647. The number of nitrogens with one attached hydrogen (secondary N) is 1. The fourth-order valence-electron chi connectivity index (χ4n) is 2.85. The first-order chi connectivity index (χ1) is 11.1. The summed E-state index contributed by atoms with van der Waals surface area (Å²) in [5.74, 6) is 0.495. The maximum atomic E-state index is 12.7. The summed E-state index contributed by atoms with van der Waals surface area (Å²) in [5.41, 5.74) is 2.06. The first kappa shape index (κ1) is 15.7. The molecule has 1 aliphatic heterocycles. The van der Waals surface area contributed by atoms with Crippen LogP contribution in [0.1, 0.15) is 23.1 Å². The lowest BCUT2D eigenvalue weighted by Gasteiger charge is -2.15. The predicted molar refractivity (Wildman–Crippen MR) is 86.1 cm³/mol. The van der Waals surface area contributed by atoms with Gasteiger partial charge in [-0.2, -0.15) is 0 Å². The molecule has 0 spiro atoms. The number of H-pyrrole nitrogens is 1. The number of aryl methyl sites for hydroxylation is 1. The summed E-state index contributed by atoms with van der Waals surface area (Å²) in [7, 11) is 0. The van der Waals surface area contributed by atoms with E-state index in [1.807, 2.05) is 44.2 Å². The van der Waals surface area contributed by atoms with Gasteiger partial charge in [-0.05, 0) is 13.8 Å². The Balaban J connectivity index is 1.80. The van der Waals surface area contributed by atoms with Crippen molar-refractivity contribution in [2.75, 3.05) is 19.7 Å². The van der Waals surface area contributed by atoms with Gasteiger partial charge in [-0.1, -0.05) is 30.3 Å². The Hall–Kier alpha value is -2.18. The molecule has 6 heteroatoms. The number of carbonyl (C=O) groups excluding carboxylic acids is 1. The molecule has 0 bridgehead atoms. The average molecular weight is 315 g/mol. The zero-order valence-corrected chi connectivity index (χ0v) is 13.3. The van der Waals surface area contributed by atoms with Crippen molar-refractivity contribution in [2.45, 2.75) is 26.1 Å². The van der Waals surface area contributed by atoms with E-state index in [9.17, 15) is 9.90 Å². The van der Waals surface area contributed by atoms with Crippen LogP contribution < -0.4 is 0 Å². The van der Waals surface area contributed by atoms with Gasteiger partial charge in [0.1, 0.15) is 17.6 Å². The van der Waals surface area contributed by atoms with Gasteiger partial charge in [0.05, 0.1) is 6.10 Å². The lowest BCUT2D eigenvalue weighted by Crippen LogP contribution is -2.31. The molecule has 0 unspecified atom stereocenters. The molecule has 3 rings (SSSR count). The van der Waals surface area contributed by atoms with E-state index in [1.54, 1.807) is 4.90 Å². The van der Waals surface area contributed by atoms with Gasteiger partial charge in [-0.25, -0.2) is 4.98 Å². The zero-order chi connectivity index (χ0) is 16.4. The second-order valence-electron chi connectivity index (χ2n) is 5.70. The van der Waals surface area contributed by atoms with E-state index < -0.39 is 6.10 Å². The monoisotopic (exact) mass is 315 g/mol. The minimum Gasteiger partial charge on any atom is -0.388 e. The maximum Gasteiger partial charge on any atom is 0.274 e. The first-order valence-electron chi connectivity index (χ1n) is 7.81. The second-order valence-corrected chi connectivity index (χ2v) is 5.70. The van der Waals surface area contributed by atoms with Crippen LogP contribution in [0.15, 0.2) is 30.3 Å². The second kappa shape index (κ2) is 6.52. The van der Waals surface area contributed by atoms with Crippen molar-refractivity contribution in [1.82, 2.24) is 14.9 Å². The number of imidazole rings is 1. The molecule has 1 aromatic heterocycles. The van der Waals surface area contributed by atoms with Gasteiger partial charge in [-0.3, -0.25) is 4.79 Å². The molecule has 0 saturated carbocycles. The highest BCUT2D eigenvalue weighted by molar-refractivity contribution is 5.94. The Kier molecular flexibility index (Phi) is 4.45. The maximum absolute atomic E-state index is 12.7. The third kappa shape index (κ3) is 3.13. The molecule has 1 aliphatic rings. The number of benzene rings is 1. The van der Waals surface area contributed by atoms with Crippen LogP contribution in [0.4, 0.5) is 0 Å². The van der Waals surface area contributed by atoms with Crippen LogP contribution in [0.25, 0.3) is 11.4 Å². The van der Waals surface area contributed by atoms with Gasteiger partial charge < -0.3 is 19.7 Å². The van der Waals surface area contributed by atoms with Gasteiger partial charge >= 0.3 is 0 Å². The van der Waals surface area contributed by atoms with E-state index in [0.717, 1.165) is 11.3 Å². The number of amides is 1. The van der Waals surface area contributed by atoms with Crippen LogP contribution in [-0.2, 0) is 4.74 Å². The summed E-state index contributed by atoms with van der Waals surface area (Å²) in [5, 5.41) is 9.99. The third-order valence-electron chi connectivity index (χ3n) is 4.04. The SMILES string of the molecule is CCO[C@H]1CN(C(=O)c2nc(-c3ccccc3)[nH]c2C)C[C@@H]1O. The topological polar surface area (TPSA) is 78.5 Å². The molecular formula is C17H21N3O3. The summed E-state index contributed by atoms with van der Waals surface area (Å²) in [4.78, 5) is 21.9. The van der Waals surface area contributed by atoms with Crippen molar-refractivity contribution >= 4 is 5.91 Å². The standard InChI is InChI=1S/C17H21N3O3/c1-3-23-14-10-20(9-13(14)21)17(22)15-11(2)18-16(19-15)12-7-5-4-6-8-12/h4-8,13-14,21H,3,9-10H2,1-2H3,(H,18,19)/t13-,14-/m0/s1. The molecule has 2 atom stereocenters. The molecule has 0 radical (unpaired) electrons. The Morgan fingerprint density at radius 1 is 1.39 bits per heavy atom. The highest BCUT2D eigenvalue weighted by atomic mass is 16.5. The van der Waals surface area contributed by atoms with Crippen molar-refractivity contribution in [1.29, 1.82) is 0 Å². The number of hydrogen-bond donors (Lipinski definition) is 2. The molecule has 2 N–H and O–H groups in total. The highest BCUT2D eigenvalue weighted by Crippen LogP contribution is 2.21. The number of β-amino-alcohol motifs (C(OH)–C–C–N with tert-alkyl or cyclic N) is 1. The van der Waals surface area contributed by atoms with E-state index in [4.69, 9.17) is 4.74 Å². The largest absolute Gasteiger partial charge is 0.388 e. The molecule has 6 nitrogen and oxygen atoms in total. The molecule has 1 amide bonds. The van der Waals surface area contributed by atoms with Gasteiger partial charge in [0, 0.05) is 31.0 Å². The van der Waals surface area contributed by atoms with Crippen molar-refractivity contribution in [2.24, 2.45) is 0 Å². The van der Waals surface area contributed by atoms with Crippen molar-refractivity contribution in [3.8, 4) is 11.4 Å². The van der Waals surface area contributed by atoms with E-state index in [2.05, 4.69) is 9.97 Å². The molecular weight excluding hydrogens is 294 g/mol. The summed E-state index contributed by atoms with van der Waals surface area (Å²) in [6, 6.07) is 9.68. The smallest absolute Gasteiger partial charge is 0.274 e. The number of aliphatic hydroxyl groups excluding tert-OH is 1. The Morgan fingerprint density at radius 3 is 2.83 bits per heavy atom. The molecule has 2 heterocycles. The zero-order valence-electron chi connectivity index (χ0n) is 13.3. The van der Waals surface area contributed by atoms with Crippen LogP contribution >= 0.6 is 0 Å². The van der Waals surface area contributed by atoms with Gasteiger partial charge in [-0.15, -0.1) is 0 Å². The fraction of sp³-hybridized carbons (Fsp3) is 0.412. The number of carbonyl (C=O) groups is 1. The quantitative estimate of drug-likeness (QED) is 0.898. The Bertz CT molecular complexity index is 684. The number of aliphatic hydroxyl groups is 1. The van der Waals surface area contributed by atoms with Crippen LogP contribution in [0, 0.1) is 6.92 Å². The third-order valence-corrected chi connectivity index (χ3v) is 4.04. The molecule has 0 aliphatic carbocycles. The lowest BCUT2D eigenvalue weighted by molar-refractivity contribution is -0.00237.